The van der Waals surface area contributed by atoms with Crippen molar-refractivity contribution >= 4 is 61.8 Å². The SMILES string of the molecule is Clc1ccsc1C(Cl)c1csc(Br)c1. The zero-order valence-electron chi connectivity index (χ0n) is 6.84. The second-order valence-corrected chi connectivity index (χ2v) is 6.76. The minimum atomic E-state index is -0.134. The van der Waals surface area contributed by atoms with E-state index < -0.39 is 0 Å². The smallest absolute Gasteiger partial charge is 0.0951 e. The van der Waals surface area contributed by atoms with Crippen LogP contribution >= 0.6 is 61.8 Å². The van der Waals surface area contributed by atoms with Crippen molar-refractivity contribution in [2.45, 2.75) is 5.38 Å². The molecule has 14 heavy (non-hydrogen) atoms. The van der Waals surface area contributed by atoms with Gasteiger partial charge in [0.25, 0.3) is 0 Å². The molecule has 0 radical (unpaired) electrons. The van der Waals surface area contributed by atoms with Crippen LogP contribution < -0.4 is 0 Å². The van der Waals surface area contributed by atoms with Gasteiger partial charge in [-0.25, -0.2) is 0 Å². The summed E-state index contributed by atoms with van der Waals surface area (Å²) in [6, 6.07) is 3.90. The van der Waals surface area contributed by atoms with Gasteiger partial charge in [0.2, 0.25) is 0 Å². The van der Waals surface area contributed by atoms with Crippen molar-refractivity contribution in [3.8, 4) is 0 Å². The van der Waals surface area contributed by atoms with Gasteiger partial charge in [0.05, 0.1) is 14.2 Å². The average Bonchev–Trinajstić information content (AvgIpc) is 2.73. The molecule has 0 saturated heterocycles. The van der Waals surface area contributed by atoms with Gasteiger partial charge < -0.3 is 0 Å². The van der Waals surface area contributed by atoms with Gasteiger partial charge in [0.1, 0.15) is 0 Å². The molecule has 0 aliphatic carbocycles. The zero-order chi connectivity index (χ0) is 10.1. The zero-order valence-corrected chi connectivity index (χ0v) is 11.6. The van der Waals surface area contributed by atoms with Crippen molar-refractivity contribution in [2.75, 3.05) is 0 Å². The van der Waals surface area contributed by atoms with Crippen LogP contribution in [0.3, 0.4) is 0 Å². The fourth-order valence-corrected chi connectivity index (χ4v) is 3.99. The van der Waals surface area contributed by atoms with E-state index in [1.54, 1.807) is 22.7 Å². The molecule has 74 valence electrons. The molecule has 0 aliphatic heterocycles. The van der Waals surface area contributed by atoms with E-state index >= 15 is 0 Å². The number of thiophene rings is 2. The van der Waals surface area contributed by atoms with Gasteiger partial charge in [-0.2, -0.15) is 0 Å². The predicted molar refractivity (Wildman–Crippen MR) is 69.0 cm³/mol. The maximum atomic E-state index is 6.30. The normalized spacial score (nSPS) is 13.1. The molecule has 2 aromatic rings. The first-order valence-corrected chi connectivity index (χ1v) is 7.16. The lowest BCUT2D eigenvalue weighted by atomic mass is 10.2. The van der Waals surface area contributed by atoms with Crippen LogP contribution in [0.25, 0.3) is 0 Å². The summed E-state index contributed by atoms with van der Waals surface area (Å²) in [5, 5.41) is 4.61. The highest BCUT2D eigenvalue weighted by atomic mass is 79.9. The lowest BCUT2D eigenvalue weighted by Crippen LogP contribution is -1.87. The first kappa shape index (κ1) is 11.0. The Morgan fingerprint density at radius 2 is 2.14 bits per heavy atom. The summed E-state index contributed by atoms with van der Waals surface area (Å²) in [4.78, 5) is 1.01. The second kappa shape index (κ2) is 4.54. The van der Waals surface area contributed by atoms with E-state index in [9.17, 15) is 0 Å². The van der Waals surface area contributed by atoms with Gasteiger partial charge in [-0.05, 0) is 44.4 Å². The van der Waals surface area contributed by atoms with Crippen LogP contribution in [-0.4, -0.2) is 0 Å². The lowest BCUT2D eigenvalue weighted by Gasteiger charge is -2.04. The van der Waals surface area contributed by atoms with Gasteiger partial charge in [0.15, 0.2) is 0 Å². The largest absolute Gasteiger partial charge is 0.145 e. The van der Waals surface area contributed by atoms with Crippen molar-refractivity contribution in [3.05, 3.63) is 42.1 Å². The van der Waals surface area contributed by atoms with E-state index in [1.165, 1.54) is 0 Å². The molecule has 0 saturated carbocycles. The summed E-state index contributed by atoms with van der Waals surface area (Å²) < 4.78 is 1.09. The molecule has 0 aromatic carbocycles. The van der Waals surface area contributed by atoms with Gasteiger partial charge in [-0.3, -0.25) is 0 Å². The summed E-state index contributed by atoms with van der Waals surface area (Å²) in [6.45, 7) is 0. The molecule has 0 amide bonds. The Morgan fingerprint density at radius 3 is 2.64 bits per heavy atom. The highest BCUT2D eigenvalue weighted by Crippen LogP contribution is 2.39. The van der Waals surface area contributed by atoms with Crippen LogP contribution in [0.5, 0.6) is 0 Å². The molecule has 2 heterocycles. The fraction of sp³-hybridized carbons (Fsp3) is 0.111. The van der Waals surface area contributed by atoms with Crippen molar-refractivity contribution < 1.29 is 0 Å². The number of hydrogen-bond acceptors (Lipinski definition) is 2. The third-order valence-electron chi connectivity index (χ3n) is 1.76. The van der Waals surface area contributed by atoms with Gasteiger partial charge in [0, 0.05) is 4.88 Å². The summed E-state index contributed by atoms with van der Waals surface area (Å²) in [7, 11) is 0. The molecule has 0 fully saturated rings. The van der Waals surface area contributed by atoms with Crippen LogP contribution in [0.1, 0.15) is 15.8 Å². The van der Waals surface area contributed by atoms with Crippen LogP contribution in [0.4, 0.5) is 0 Å². The standard InChI is InChI=1S/C9H5BrCl2S2/c10-7-3-5(4-14-7)8(12)9-6(11)1-2-13-9/h1-4,8H. The van der Waals surface area contributed by atoms with E-state index in [1.807, 2.05) is 22.9 Å². The Balaban J connectivity index is 2.33. The van der Waals surface area contributed by atoms with Crippen molar-refractivity contribution in [1.82, 2.24) is 0 Å². The molecule has 0 spiro atoms. The monoisotopic (exact) mass is 326 g/mol. The Hall–Kier alpha value is 0.460. The lowest BCUT2D eigenvalue weighted by molar-refractivity contribution is 1.20. The van der Waals surface area contributed by atoms with Crippen LogP contribution in [0, 0.1) is 0 Å². The highest BCUT2D eigenvalue weighted by Gasteiger charge is 2.16. The van der Waals surface area contributed by atoms with Crippen molar-refractivity contribution in [1.29, 1.82) is 0 Å². The molecule has 5 heteroatoms. The first-order chi connectivity index (χ1) is 6.68. The quantitative estimate of drug-likeness (QED) is 0.634. The molecular formula is C9H5BrCl2S2. The van der Waals surface area contributed by atoms with Gasteiger partial charge >= 0.3 is 0 Å². The minimum Gasteiger partial charge on any atom is -0.145 e. The number of alkyl halides is 1. The van der Waals surface area contributed by atoms with E-state index in [0.29, 0.717) is 0 Å². The van der Waals surface area contributed by atoms with Crippen LogP contribution in [-0.2, 0) is 0 Å². The molecule has 0 aliphatic rings. The Bertz CT molecular complexity index is 435. The van der Waals surface area contributed by atoms with E-state index in [0.717, 1.165) is 19.2 Å². The first-order valence-electron chi connectivity index (χ1n) is 3.79. The summed E-state index contributed by atoms with van der Waals surface area (Å²) >= 11 is 18.9. The number of hydrogen-bond donors (Lipinski definition) is 0. The van der Waals surface area contributed by atoms with Crippen LogP contribution in [0.15, 0.2) is 26.7 Å². The minimum absolute atomic E-state index is 0.134. The highest BCUT2D eigenvalue weighted by molar-refractivity contribution is 9.11. The maximum Gasteiger partial charge on any atom is 0.0951 e. The third kappa shape index (κ3) is 2.17. The van der Waals surface area contributed by atoms with E-state index in [4.69, 9.17) is 23.2 Å². The molecule has 0 bridgehead atoms. The van der Waals surface area contributed by atoms with Crippen molar-refractivity contribution in [3.63, 3.8) is 0 Å². The summed E-state index contributed by atoms with van der Waals surface area (Å²) in [5.41, 5.74) is 1.09. The number of rotatable bonds is 2. The van der Waals surface area contributed by atoms with Crippen LogP contribution in [0.2, 0.25) is 5.02 Å². The number of halogens is 3. The molecule has 1 unspecified atom stereocenters. The van der Waals surface area contributed by atoms with E-state index in [-0.39, 0.29) is 5.38 Å². The molecule has 1 atom stereocenters. The maximum absolute atomic E-state index is 6.30. The predicted octanol–water partition coefficient (Wildman–Crippen LogP) is 5.55. The average molecular weight is 328 g/mol. The molecule has 0 N–H and O–H groups in total. The third-order valence-corrected chi connectivity index (χ3v) is 5.30. The summed E-state index contributed by atoms with van der Waals surface area (Å²) in [5.74, 6) is 0. The Kier molecular flexibility index (Phi) is 3.55. The second-order valence-electron chi connectivity index (χ2n) is 2.68. The molecular weight excluding hydrogens is 323 g/mol. The Labute approximate surface area is 109 Å². The topological polar surface area (TPSA) is 0 Å². The fourth-order valence-electron chi connectivity index (χ4n) is 1.09. The van der Waals surface area contributed by atoms with E-state index in [2.05, 4.69) is 15.9 Å². The molecule has 0 nitrogen and oxygen atoms in total. The summed E-state index contributed by atoms with van der Waals surface area (Å²) in [6.07, 6.45) is 0. The molecule has 2 aromatic heterocycles. The van der Waals surface area contributed by atoms with Gasteiger partial charge in [-0.1, -0.05) is 11.6 Å². The van der Waals surface area contributed by atoms with Gasteiger partial charge in [-0.15, -0.1) is 34.3 Å². The Morgan fingerprint density at radius 1 is 1.36 bits per heavy atom. The van der Waals surface area contributed by atoms with Crippen molar-refractivity contribution in [2.24, 2.45) is 0 Å². The molecule has 2 rings (SSSR count).